The molecule has 0 spiro atoms. The lowest BCUT2D eigenvalue weighted by atomic mass is 9.75. The van der Waals surface area contributed by atoms with E-state index in [0.29, 0.717) is 11.8 Å². The van der Waals surface area contributed by atoms with Gasteiger partial charge in [-0.25, -0.2) is 0 Å². The van der Waals surface area contributed by atoms with Gasteiger partial charge in [-0.2, -0.15) is 0 Å². The van der Waals surface area contributed by atoms with Crippen LogP contribution in [0.25, 0.3) is 0 Å². The van der Waals surface area contributed by atoms with E-state index < -0.39 is 0 Å². The van der Waals surface area contributed by atoms with Gasteiger partial charge in [-0.1, -0.05) is 36.6 Å². The number of nitrogens with zero attached hydrogens (tertiary/aromatic N) is 1. The van der Waals surface area contributed by atoms with Gasteiger partial charge in [0.15, 0.2) is 0 Å². The van der Waals surface area contributed by atoms with Crippen molar-refractivity contribution in [2.75, 3.05) is 20.6 Å². The summed E-state index contributed by atoms with van der Waals surface area (Å²) in [4.78, 5) is 2.21. The molecule has 1 aromatic carbocycles. The molecule has 2 rings (SSSR count). The minimum absolute atomic E-state index is 0. The van der Waals surface area contributed by atoms with Crippen molar-refractivity contribution in [3.8, 4) is 0 Å². The first-order valence-corrected chi connectivity index (χ1v) is 7.54. The fourth-order valence-corrected chi connectivity index (χ4v) is 3.33. The minimum Gasteiger partial charge on any atom is -0.393 e. The maximum atomic E-state index is 10.3. The van der Waals surface area contributed by atoms with E-state index in [9.17, 15) is 5.11 Å². The van der Waals surface area contributed by atoms with Crippen LogP contribution in [-0.2, 0) is 0 Å². The highest BCUT2D eigenvalue weighted by atomic mass is 35.5. The monoisotopic (exact) mass is 317 g/mol. The summed E-state index contributed by atoms with van der Waals surface area (Å²) < 4.78 is 0. The Morgan fingerprint density at radius 1 is 1.20 bits per heavy atom. The van der Waals surface area contributed by atoms with Gasteiger partial charge in [-0.15, -0.1) is 12.4 Å². The lowest BCUT2D eigenvalue weighted by Gasteiger charge is -2.36. The molecule has 1 N–H and O–H groups in total. The topological polar surface area (TPSA) is 23.5 Å². The van der Waals surface area contributed by atoms with Crippen molar-refractivity contribution in [1.82, 2.24) is 4.90 Å². The van der Waals surface area contributed by atoms with Gasteiger partial charge in [-0.05, 0) is 50.6 Å². The predicted molar refractivity (Wildman–Crippen MR) is 88.0 cm³/mol. The number of aliphatic hydroxyl groups is 1. The molecular formula is C16H25Cl2NO. The van der Waals surface area contributed by atoms with E-state index in [1.165, 1.54) is 12.0 Å². The van der Waals surface area contributed by atoms with E-state index in [-0.39, 0.29) is 18.5 Å². The van der Waals surface area contributed by atoms with Gasteiger partial charge < -0.3 is 10.0 Å². The summed E-state index contributed by atoms with van der Waals surface area (Å²) in [7, 11) is 4.19. The molecule has 2 nitrogen and oxygen atoms in total. The first kappa shape index (κ1) is 17.8. The van der Waals surface area contributed by atoms with Crippen molar-refractivity contribution in [3.05, 3.63) is 34.9 Å². The van der Waals surface area contributed by atoms with Gasteiger partial charge in [0.05, 0.1) is 6.10 Å². The maximum absolute atomic E-state index is 10.3. The molecule has 0 heterocycles. The third kappa shape index (κ3) is 4.63. The molecule has 0 bridgehead atoms. The summed E-state index contributed by atoms with van der Waals surface area (Å²) >= 11 is 5.98. The molecule has 1 saturated carbocycles. The second-order valence-electron chi connectivity index (χ2n) is 5.94. The Bertz CT molecular complexity index is 394. The second kappa shape index (κ2) is 8.23. The Hall–Kier alpha value is -0.280. The summed E-state index contributed by atoms with van der Waals surface area (Å²) in [5, 5.41) is 11.1. The summed E-state index contributed by atoms with van der Waals surface area (Å²) in [6.07, 6.45) is 4.31. The summed E-state index contributed by atoms with van der Waals surface area (Å²) in [6.45, 7) is 0.976. The summed E-state index contributed by atoms with van der Waals surface area (Å²) in [6, 6.07) is 8.12. The Morgan fingerprint density at radius 3 is 2.35 bits per heavy atom. The van der Waals surface area contributed by atoms with Gasteiger partial charge in [0.1, 0.15) is 0 Å². The zero-order valence-corrected chi connectivity index (χ0v) is 13.8. The lowest BCUT2D eigenvalue weighted by Crippen LogP contribution is -2.35. The Balaban J connectivity index is 0.00000200. The van der Waals surface area contributed by atoms with E-state index in [2.05, 4.69) is 31.1 Å². The maximum Gasteiger partial charge on any atom is 0.0574 e. The number of aliphatic hydroxyl groups excluding tert-OH is 1. The fourth-order valence-electron chi connectivity index (χ4n) is 3.20. The summed E-state index contributed by atoms with van der Waals surface area (Å²) in [5.74, 6) is 0.764. The predicted octanol–water partition coefficient (Wildman–Crippen LogP) is 3.96. The minimum atomic E-state index is -0.158. The molecule has 3 atom stereocenters. The van der Waals surface area contributed by atoms with Crippen molar-refractivity contribution in [2.45, 2.75) is 37.7 Å². The molecule has 0 aliphatic heterocycles. The van der Waals surface area contributed by atoms with Crippen LogP contribution in [0.2, 0.25) is 5.02 Å². The van der Waals surface area contributed by atoms with Crippen LogP contribution in [0, 0.1) is 5.92 Å². The van der Waals surface area contributed by atoms with Crippen LogP contribution in [0.15, 0.2) is 24.3 Å². The van der Waals surface area contributed by atoms with Crippen LogP contribution in [0.4, 0.5) is 0 Å². The molecule has 1 aromatic rings. The molecule has 1 aliphatic carbocycles. The fraction of sp³-hybridized carbons (Fsp3) is 0.625. The Kier molecular flexibility index (Phi) is 7.32. The second-order valence-corrected chi connectivity index (χ2v) is 6.37. The van der Waals surface area contributed by atoms with Gasteiger partial charge in [0, 0.05) is 17.5 Å². The summed E-state index contributed by atoms with van der Waals surface area (Å²) in [5.41, 5.74) is 1.30. The Morgan fingerprint density at radius 2 is 1.80 bits per heavy atom. The first-order valence-electron chi connectivity index (χ1n) is 7.16. The molecule has 0 amide bonds. The third-order valence-electron chi connectivity index (χ3n) is 4.16. The molecule has 20 heavy (non-hydrogen) atoms. The quantitative estimate of drug-likeness (QED) is 0.908. The molecule has 1 aliphatic rings. The number of hydrogen-bond acceptors (Lipinski definition) is 2. The highest BCUT2D eigenvalue weighted by Gasteiger charge is 2.31. The van der Waals surface area contributed by atoms with E-state index in [1.807, 2.05) is 12.1 Å². The molecular weight excluding hydrogens is 293 g/mol. The average Bonchev–Trinajstić information content (AvgIpc) is 2.38. The normalized spacial score (nSPS) is 24.2. The van der Waals surface area contributed by atoms with Gasteiger partial charge in [0.25, 0.3) is 0 Å². The van der Waals surface area contributed by atoms with Crippen molar-refractivity contribution in [2.24, 2.45) is 5.92 Å². The molecule has 0 aromatic heterocycles. The molecule has 4 heteroatoms. The van der Waals surface area contributed by atoms with E-state index >= 15 is 0 Å². The molecule has 0 saturated heterocycles. The van der Waals surface area contributed by atoms with E-state index in [4.69, 9.17) is 11.6 Å². The van der Waals surface area contributed by atoms with Crippen LogP contribution in [0.5, 0.6) is 0 Å². The van der Waals surface area contributed by atoms with Crippen molar-refractivity contribution in [1.29, 1.82) is 0 Å². The molecule has 1 fully saturated rings. The van der Waals surface area contributed by atoms with Crippen LogP contribution in [0.1, 0.15) is 37.2 Å². The average molecular weight is 318 g/mol. The highest BCUT2D eigenvalue weighted by molar-refractivity contribution is 6.30. The van der Waals surface area contributed by atoms with Crippen molar-refractivity contribution < 1.29 is 5.11 Å². The zero-order valence-electron chi connectivity index (χ0n) is 12.3. The first-order chi connectivity index (χ1) is 9.08. The number of likely N-dealkylation sites (N-methyl/N-ethyl adjacent to an activating group) is 1. The largest absolute Gasteiger partial charge is 0.393 e. The number of halogens is 2. The van der Waals surface area contributed by atoms with E-state index in [1.54, 1.807) is 0 Å². The van der Waals surface area contributed by atoms with Gasteiger partial charge >= 0.3 is 0 Å². The third-order valence-corrected chi connectivity index (χ3v) is 4.41. The standard InChI is InChI=1S/C16H24ClNO.ClH/c1-18(2)11-15(12-7-9-13(17)10-8-12)14-5-3-4-6-16(14)19;/h7-10,14-16,19H,3-6,11H2,1-2H3;1H/t14-,15?,16-;/m1./s1. The number of hydrogen-bond donors (Lipinski definition) is 1. The lowest BCUT2D eigenvalue weighted by molar-refractivity contribution is 0.0494. The smallest absolute Gasteiger partial charge is 0.0574 e. The van der Waals surface area contributed by atoms with Gasteiger partial charge in [-0.3, -0.25) is 0 Å². The van der Waals surface area contributed by atoms with Crippen LogP contribution < -0.4 is 0 Å². The van der Waals surface area contributed by atoms with Crippen LogP contribution >= 0.6 is 24.0 Å². The Labute approximate surface area is 133 Å². The van der Waals surface area contributed by atoms with Crippen LogP contribution in [-0.4, -0.2) is 36.8 Å². The molecule has 0 radical (unpaired) electrons. The number of benzene rings is 1. The molecule has 1 unspecified atom stereocenters. The number of rotatable bonds is 4. The van der Waals surface area contributed by atoms with E-state index in [0.717, 1.165) is 30.8 Å². The SMILES string of the molecule is CN(C)CC(c1ccc(Cl)cc1)[C@H]1CCCC[C@H]1O.Cl. The van der Waals surface area contributed by atoms with Crippen molar-refractivity contribution >= 4 is 24.0 Å². The van der Waals surface area contributed by atoms with Crippen molar-refractivity contribution in [3.63, 3.8) is 0 Å². The van der Waals surface area contributed by atoms with Gasteiger partial charge in [0.2, 0.25) is 0 Å². The zero-order chi connectivity index (χ0) is 13.8. The highest BCUT2D eigenvalue weighted by Crippen LogP contribution is 2.37. The molecule has 114 valence electrons. The van der Waals surface area contributed by atoms with Crippen LogP contribution in [0.3, 0.4) is 0 Å².